The monoisotopic (exact) mass is 618 g/mol. The van der Waals surface area contributed by atoms with E-state index < -0.39 is 35.8 Å². The molecule has 0 bridgehead atoms. The van der Waals surface area contributed by atoms with Gasteiger partial charge in [-0.1, -0.05) is 26.0 Å². The zero-order chi connectivity index (χ0) is 32.8. The Labute approximate surface area is 257 Å². The Bertz CT molecular complexity index is 1160. The maximum absolute atomic E-state index is 13.3. The van der Waals surface area contributed by atoms with Crippen molar-refractivity contribution in [2.45, 2.75) is 84.0 Å². The molecule has 1 heterocycles. The van der Waals surface area contributed by atoms with E-state index in [9.17, 15) is 33.9 Å². The van der Waals surface area contributed by atoms with Crippen LogP contribution in [0, 0.1) is 11.8 Å². The van der Waals surface area contributed by atoms with Gasteiger partial charge in [0.1, 0.15) is 12.1 Å². The molecule has 1 aliphatic rings. The zero-order valence-electron chi connectivity index (χ0n) is 25.9. The lowest BCUT2D eigenvalue weighted by molar-refractivity contribution is -0.150. The van der Waals surface area contributed by atoms with Gasteiger partial charge in [-0.25, -0.2) is 4.79 Å². The van der Waals surface area contributed by atoms with Crippen molar-refractivity contribution in [3.8, 4) is 0 Å². The van der Waals surface area contributed by atoms with Gasteiger partial charge in [0.05, 0.1) is 19.6 Å². The maximum Gasteiger partial charge on any atom is 0.312 e. The molecule has 0 aromatic heterocycles. The SMILES string of the molecule is COC(=O)C1CCN(C(=O)CCC(=O)N[C@H](C(=O)N[C@@H](CCCNC(N)=O)C(=O)Nc2ccc(CO)cc2)C(C)C)C(C)C1. The molecular formula is C30H46N6O8. The second kappa shape index (κ2) is 17.8. The number of likely N-dealkylation sites (tertiary alicyclic amines) is 1. The molecule has 14 heteroatoms. The van der Waals surface area contributed by atoms with Gasteiger partial charge in [-0.3, -0.25) is 24.0 Å². The fraction of sp³-hybridized carbons (Fsp3) is 0.600. The van der Waals surface area contributed by atoms with E-state index in [2.05, 4.69) is 21.3 Å². The largest absolute Gasteiger partial charge is 0.469 e. The van der Waals surface area contributed by atoms with Crippen LogP contribution in [0.5, 0.6) is 0 Å². The molecule has 1 aliphatic heterocycles. The fourth-order valence-electron chi connectivity index (χ4n) is 5.04. The first-order chi connectivity index (χ1) is 20.9. The molecule has 7 N–H and O–H groups in total. The van der Waals surface area contributed by atoms with Crippen molar-refractivity contribution in [1.82, 2.24) is 20.9 Å². The number of anilines is 1. The molecule has 1 aromatic rings. The van der Waals surface area contributed by atoms with E-state index in [1.807, 2.05) is 6.92 Å². The summed E-state index contributed by atoms with van der Waals surface area (Å²) < 4.78 is 4.82. The number of nitrogens with one attached hydrogen (secondary N) is 4. The van der Waals surface area contributed by atoms with Crippen LogP contribution >= 0.6 is 0 Å². The predicted molar refractivity (Wildman–Crippen MR) is 162 cm³/mol. The highest BCUT2D eigenvalue weighted by atomic mass is 16.5. The predicted octanol–water partition coefficient (Wildman–Crippen LogP) is 0.772. The molecule has 1 aromatic carbocycles. The number of aliphatic hydroxyl groups is 1. The van der Waals surface area contributed by atoms with Crippen molar-refractivity contribution in [1.29, 1.82) is 0 Å². The lowest BCUT2D eigenvalue weighted by Crippen LogP contribution is -2.54. The van der Waals surface area contributed by atoms with Crippen molar-refractivity contribution >= 4 is 41.3 Å². The number of rotatable bonds is 15. The third-order valence-corrected chi connectivity index (χ3v) is 7.57. The Balaban J connectivity index is 1.99. The molecule has 2 unspecified atom stereocenters. The quantitative estimate of drug-likeness (QED) is 0.122. The number of urea groups is 1. The molecule has 1 saturated heterocycles. The minimum atomic E-state index is -0.996. The van der Waals surface area contributed by atoms with E-state index in [1.54, 1.807) is 43.0 Å². The smallest absolute Gasteiger partial charge is 0.312 e. The van der Waals surface area contributed by atoms with Gasteiger partial charge in [-0.05, 0) is 56.2 Å². The first kappa shape index (κ1) is 36.0. The topological polar surface area (TPSA) is 209 Å². The number of carbonyl (C=O) groups is 6. The minimum absolute atomic E-state index is 0.0571. The minimum Gasteiger partial charge on any atom is -0.469 e. The van der Waals surface area contributed by atoms with Crippen LogP contribution in [-0.4, -0.2) is 84.0 Å². The summed E-state index contributed by atoms with van der Waals surface area (Å²) >= 11 is 0. The number of aliphatic hydroxyl groups excluding tert-OH is 1. The van der Waals surface area contributed by atoms with Gasteiger partial charge in [0, 0.05) is 37.7 Å². The Morgan fingerprint density at radius 1 is 1.05 bits per heavy atom. The van der Waals surface area contributed by atoms with Crippen LogP contribution in [0.15, 0.2) is 24.3 Å². The molecule has 1 fully saturated rings. The Morgan fingerprint density at radius 2 is 1.73 bits per heavy atom. The second-order valence-electron chi connectivity index (χ2n) is 11.3. The highest BCUT2D eigenvalue weighted by molar-refractivity contribution is 5.98. The Hall–Kier alpha value is -4.20. The normalized spacial score (nSPS) is 17.6. The number of amides is 6. The van der Waals surface area contributed by atoms with Crippen LogP contribution in [-0.2, 0) is 35.3 Å². The molecule has 0 saturated carbocycles. The third kappa shape index (κ3) is 11.5. The van der Waals surface area contributed by atoms with E-state index in [-0.39, 0.29) is 62.2 Å². The molecule has 0 aliphatic carbocycles. The van der Waals surface area contributed by atoms with Crippen LogP contribution in [0.1, 0.15) is 64.9 Å². The van der Waals surface area contributed by atoms with Gasteiger partial charge in [0.2, 0.25) is 23.6 Å². The van der Waals surface area contributed by atoms with Crippen LogP contribution in [0.4, 0.5) is 10.5 Å². The Kier molecular flexibility index (Phi) is 14.6. The number of carbonyl (C=O) groups excluding carboxylic acids is 6. The first-order valence-corrected chi connectivity index (χ1v) is 14.9. The molecular weight excluding hydrogens is 572 g/mol. The van der Waals surface area contributed by atoms with Gasteiger partial charge < -0.3 is 41.7 Å². The zero-order valence-corrected chi connectivity index (χ0v) is 25.9. The van der Waals surface area contributed by atoms with Crippen LogP contribution in [0.2, 0.25) is 0 Å². The lowest BCUT2D eigenvalue weighted by atomic mass is 9.91. The average molecular weight is 619 g/mol. The Morgan fingerprint density at radius 3 is 2.30 bits per heavy atom. The van der Waals surface area contributed by atoms with Crippen LogP contribution in [0.3, 0.4) is 0 Å². The average Bonchev–Trinajstić information content (AvgIpc) is 2.99. The number of ether oxygens (including phenoxy) is 1. The number of benzene rings is 1. The molecule has 0 spiro atoms. The van der Waals surface area contributed by atoms with Gasteiger partial charge in [0.15, 0.2) is 0 Å². The summed E-state index contributed by atoms with van der Waals surface area (Å²) in [7, 11) is 1.34. The number of esters is 1. The van der Waals surface area contributed by atoms with Crippen molar-refractivity contribution in [2.24, 2.45) is 17.6 Å². The van der Waals surface area contributed by atoms with E-state index in [0.29, 0.717) is 37.1 Å². The number of hydrogen-bond acceptors (Lipinski definition) is 8. The second-order valence-corrected chi connectivity index (χ2v) is 11.3. The number of piperidine rings is 1. The van der Waals surface area contributed by atoms with Crippen molar-refractivity contribution < 1.29 is 38.6 Å². The lowest BCUT2D eigenvalue weighted by Gasteiger charge is -2.36. The van der Waals surface area contributed by atoms with E-state index >= 15 is 0 Å². The van der Waals surface area contributed by atoms with E-state index in [4.69, 9.17) is 10.5 Å². The van der Waals surface area contributed by atoms with E-state index in [0.717, 1.165) is 0 Å². The maximum atomic E-state index is 13.3. The van der Waals surface area contributed by atoms with Gasteiger partial charge in [-0.2, -0.15) is 0 Å². The standard InChI is InChI=1S/C30H46N6O8/c1-18(2)26(35-24(38)11-12-25(39)36-15-13-21(16-19(36)3)29(42)44-4)28(41)34-23(6-5-14-32-30(31)43)27(40)33-22-9-7-20(17-37)8-10-22/h7-10,18-19,21,23,26,37H,5-6,11-17H2,1-4H3,(H,33,40)(H,34,41)(H,35,38)(H3,31,32,43)/t19?,21?,23-,26-/m0/s1. The van der Waals surface area contributed by atoms with Gasteiger partial charge in [-0.15, -0.1) is 0 Å². The number of nitrogens with two attached hydrogens (primary N) is 1. The molecule has 44 heavy (non-hydrogen) atoms. The fourth-order valence-corrected chi connectivity index (χ4v) is 5.04. The summed E-state index contributed by atoms with van der Waals surface area (Å²) in [5.41, 5.74) is 6.24. The summed E-state index contributed by atoms with van der Waals surface area (Å²) in [5.74, 6) is -2.66. The molecule has 4 atom stereocenters. The number of nitrogens with zero attached hydrogens (tertiary/aromatic N) is 1. The van der Waals surface area contributed by atoms with Gasteiger partial charge in [0.25, 0.3) is 0 Å². The molecule has 14 nitrogen and oxygen atoms in total. The van der Waals surface area contributed by atoms with Crippen LogP contribution < -0.4 is 27.0 Å². The highest BCUT2D eigenvalue weighted by Gasteiger charge is 2.33. The van der Waals surface area contributed by atoms with Crippen molar-refractivity contribution in [2.75, 3.05) is 25.5 Å². The van der Waals surface area contributed by atoms with Crippen molar-refractivity contribution in [3.63, 3.8) is 0 Å². The third-order valence-electron chi connectivity index (χ3n) is 7.57. The first-order valence-electron chi connectivity index (χ1n) is 14.9. The molecule has 244 valence electrons. The summed E-state index contributed by atoms with van der Waals surface area (Å²) in [6.07, 6.45) is 1.29. The van der Waals surface area contributed by atoms with Crippen molar-refractivity contribution in [3.05, 3.63) is 29.8 Å². The van der Waals surface area contributed by atoms with E-state index in [1.165, 1.54) is 7.11 Å². The summed E-state index contributed by atoms with van der Waals surface area (Å²) in [4.78, 5) is 76.7. The number of methoxy groups -OCH3 is 1. The summed E-state index contributed by atoms with van der Waals surface area (Å²) in [6, 6.07) is 3.69. The van der Waals surface area contributed by atoms with Gasteiger partial charge >= 0.3 is 12.0 Å². The molecule has 6 amide bonds. The highest BCUT2D eigenvalue weighted by Crippen LogP contribution is 2.24. The summed E-state index contributed by atoms with van der Waals surface area (Å²) in [5, 5.41) is 19.8. The van der Waals surface area contributed by atoms with Crippen LogP contribution in [0.25, 0.3) is 0 Å². The number of hydrogen-bond donors (Lipinski definition) is 6. The summed E-state index contributed by atoms with van der Waals surface area (Å²) in [6.45, 7) is 5.78. The number of primary amides is 1. The molecule has 0 radical (unpaired) electrons. The molecule has 2 rings (SSSR count).